The second kappa shape index (κ2) is 14.5. The Kier molecular flexibility index (Phi) is 8.83. The summed E-state index contributed by atoms with van der Waals surface area (Å²) in [6.45, 7) is 26.8. The molecule has 0 bridgehead atoms. The Bertz CT molecular complexity index is 3830. The van der Waals surface area contributed by atoms with Gasteiger partial charge in [0.2, 0.25) is 0 Å². The quantitative estimate of drug-likeness (QED) is 0.165. The second-order valence-electron chi connectivity index (χ2n) is 25.4. The smallest absolute Gasteiger partial charge is 0.333 e. The van der Waals surface area contributed by atoms with Gasteiger partial charge in [-0.05, 0) is 180 Å². The normalized spacial score (nSPS) is 18.7. The molecular formula is C68H65BN2O. The minimum Gasteiger partial charge on any atom is -0.456 e. The van der Waals surface area contributed by atoms with Crippen molar-refractivity contribution in [2.75, 3.05) is 9.71 Å². The zero-order valence-corrected chi connectivity index (χ0v) is 44.1. The number of anilines is 5. The first kappa shape index (κ1) is 44.0. The molecule has 5 aliphatic rings. The third kappa shape index (κ3) is 5.87. The molecule has 0 unspecified atom stereocenters. The van der Waals surface area contributed by atoms with Crippen LogP contribution in [0.5, 0.6) is 0 Å². The molecule has 8 aromatic carbocycles. The molecule has 0 saturated heterocycles. The molecule has 356 valence electrons. The highest BCUT2D eigenvalue weighted by Crippen LogP contribution is 2.60. The van der Waals surface area contributed by atoms with Gasteiger partial charge < -0.3 is 14.1 Å². The van der Waals surface area contributed by atoms with Gasteiger partial charge in [0.15, 0.2) is 0 Å². The van der Waals surface area contributed by atoms with Gasteiger partial charge in [-0.2, -0.15) is 0 Å². The zero-order chi connectivity index (χ0) is 49.6. The van der Waals surface area contributed by atoms with Crippen molar-refractivity contribution in [2.45, 2.75) is 129 Å². The van der Waals surface area contributed by atoms with Gasteiger partial charge in [-0.25, -0.2) is 0 Å². The van der Waals surface area contributed by atoms with Gasteiger partial charge in [-0.15, -0.1) is 0 Å². The molecule has 0 spiro atoms. The minimum atomic E-state index is -0.294. The Morgan fingerprint density at radius 3 is 1.85 bits per heavy atom. The standard InChI is InChI=1S/C68H65BN2O/c1-40-35-49-51(67(8,9)34-33-65(49,4)5)39-55(40)70-53-28-25-42(41-19-13-12-14-20-41)36-52(53)69-63-56(70)38-46-44-21-15-17-23-47(44)68(10,11)62(46)61(63)60-54(29-30-58-59(60)45-22-16-18-24-57(45)72-58)71(69)43-26-27-48-50(37-43)66(6,7)32-31-64(48,2)3/h12-30,35-39H,31-34H2,1-11H3. The number of fused-ring (bicyclic) bond motifs is 14. The molecule has 0 atom stereocenters. The lowest BCUT2D eigenvalue weighted by molar-refractivity contribution is 0.332. The SMILES string of the molecule is Cc1cc2c(cc1N1c3ccc(-c4ccccc4)cc3B3c4c1cc1c(c4-c4c(ccc5oc6ccccc6c45)N3c3ccc4c(c3)C(C)(C)CCC4(C)C)C(C)(C)c3ccccc3-1)C(C)(C)CCC2(C)C. The van der Waals surface area contributed by atoms with Crippen LogP contribution in [-0.2, 0) is 27.1 Å². The van der Waals surface area contributed by atoms with Crippen molar-refractivity contribution < 1.29 is 4.42 Å². The monoisotopic (exact) mass is 937 g/mol. The number of hydrogen-bond acceptors (Lipinski definition) is 3. The van der Waals surface area contributed by atoms with E-state index in [4.69, 9.17) is 4.42 Å². The molecular weight excluding hydrogens is 872 g/mol. The van der Waals surface area contributed by atoms with Gasteiger partial charge in [0, 0.05) is 50.2 Å². The van der Waals surface area contributed by atoms with Crippen LogP contribution in [0, 0.1) is 6.92 Å². The molecule has 14 rings (SSSR count). The third-order valence-corrected chi connectivity index (χ3v) is 18.9. The molecule has 72 heavy (non-hydrogen) atoms. The number of benzene rings is 8. The molecule has 0 fully saturated rings. The summed E-state index contributed by atoms with van der Waals surface area (Å²) in [6.07, 6.45) is 4.66. The molecule has 0 saturated carbocycles. The van der Waals surface area contributed by atoms with Crippen molar-refractivity contribution >= 4 is 68.1 Å². The number of hydrogen-bond donors (Lipinski definition) is 0. The predicted molar refractivity (Wildman–Crippen MR) is 306 cm³/mol. The average molecular weight is 937 g/mol. The molecule has 0 amide bonds. The van der Waals surface area contributed by atoms with Gasteiger partial charge in [-0.1, -0.05) is 166 Å². The molecule has 0 N–H and O–H groups in total. The Morgan fingerprint density at radius 2 is 1.10 bits per heavy atom. The van der Waals surface area contributed by atoms with Crippen LogP contribution in [0.15, 0.2) is 150 Å². The van der Waals surface area contributed by atoms with E-state index in [1.54, 1.807) is 0 Å². The fraction of sp³-hybridized carbons (Fsp3) is 0.294. The topological polar surface area (TPSA) is 19.6 Å². The van der Waals surface area contributed by atoms with E-state index in [9.17, 15) is 0 Å². The summed E-state index contributed by atoms with van der Waals surface area (Å²) in [5, 5.41) is 2.35. The highest BCUT2D eigenvalue weighted by atomic mass is 16.3. The van der Waals surface area contributed by atoms with Crippen molar-refractivity contribution in [3.05, 3.63) is 185 Å². The van der Waals surface area contributed by atoms with Crippen molar-refractivity contribution in [2.24, 2.45) is 0 Å². The molecule has 1 aromatic heterocycles. The van der Waals surface area contributed by atoms with E-state index >= 15 is 0 Å². The Balaban J connectivity index is 1.18. The summed E-state index contributed by atoms with van der Waals surface area (Å²) in [4.78, 5) is 5.47. The van der Waals surface area contributed by atoms with Gasteiger partial charge >= 0.3 is 6.85 Å². The van der Waals surface area contributed by atoms with Gasteiger partial charge in [0.1, 0.15) is 11.2 Å². The summed E-state index contributed by atoms with van der Waals surface area (Å²) >= 11 is 0. The summed E-state index contributed by atoms with van der Waals surface area (Å²) < 4.78 is 6.92. The lowest BCUT2D eigenvalue weighted by Crippen LogP contribution is -2.62. The maximum absolute atomic E-state index is 6.92. The van der Waals surface area contributed by atoms with Crippen LogP contribution in [0.1, 0.15) is 134 Å². The lowest BCUT2D eigenvalue weighted by atomic mass is 9.42. The van der Waals surface area contributed by atoms with Crippen molar-refractivity contribution in [1.82, 2.24) is 0 Å². The highest BCUT2D eigenvalue weighted by Gasteiger charge is 2.52. The number of furan rings is 1. The van der Waals surface area contributed by atoms with E-state index in [1.165, 1.54) is 130 Å². The summed E-state index contributed by atoms with van der Waals surface area (Å²) in [6, 6.07) is 56.4. The third-order valence-electron chi connectivity index (χ3n) is 18.9. The largest absolute Gasteiger partial charge is 0.456 e. The van der Waals surface area contributed by atoms with E-state index in [0.717, 1.165) is 29.4 Å². The Hall–Kier alpha value is -6.78. The predicted octanol–water partition coefficient (Wildman–Crippen LogP) is 17.3. The fourth-order valence-electron chi connectivity index (χ4n) is 14.6. The van der Waals surface area contributed by atoms with E-state index in [-0.39, 0.29) is 33.9 Å². The van der Waals surface area contributed by atoms with Crippen LogP contribution < -0.4 is 20.6 Å². The van der Waals surface area contributed by atoms with Crippen molar-refractivity contribution in [1.29, 1.82) is 0 Å². The zero-order valence-electron chi connectivity index (χ0n) is 44.1. The van der Waals surface area contributed by atoms with Crippen LogP contribution in [0.4, 0.5) is 28.4 Å². The number of para-hydroxylation sites is 1. The van der Waals surface area contributed by atoms with E-state index in [2.05, 4.69) is 231 Å². The van der Waals surface area contributed by atoms with Crippen LogP contribution in [0.2, 0.25) is 0 Å². The lowest BCUT2D eigenvalue weighted by Gasteiger charge is -2.49. The summed E-state index contributed by atoms with van der Waals surface area (Å²) in [7, 11) is 0. The maximum atomic E-state index is 6.92. The summed E-state index contributed by atoms with van der Waals surface area (Å²) in [5.74, 6) is 0. The molecule has 3 heterocycles. The van der Waals surface area contributed by atoms with Gasteiger partial charge in [-0.3, -0.25) is 0 Å². The molecule has 2 aliphatic heterocycles. The van der Waals surface area contributed by atoms with E-state index in [1.807, 2.05) is 0 Å². The average Bonchev–Trinajstić information content (AvgIpc) is 3.86. The van der Waals surface area contributed by atoms with Crippen LogP contribution in [0.25, 0.3) is 55.3 Å². The highest BCUT2D eigenvalue weighted by molar-refractivity contribution is 6.94. The minimum absolute atomic E-state index is 0.0257. The number of aryl methyl sites for hydroxylation is 1. The first-order valence-corrected chi connectivity index (χ1v) is 26.7. The number of nitrogens with zero attached hydrogens (tertiary/aromatic N) is 2. The van der Waals surface area contributed by atoms with Crippen molar-refractivity contribution in [3.63, 3.8) is 0 Å². The first-order chi connectivity index (χ1) is 34.4. The molecule has 0 radical (unpaired) electrons. The first-order valence-electron chi connectivity index (χ1n) is 26.7. The number of rotatable bonds is 3. The molecule has 4 heteroatoms. The molecule has 3 aliphatic carbocycles. The van der Waals surface area contributed by atoms with Gasteiger partial charge in [0.05, 0.1) is 0 Å². The Labute approximate surface area is 427 Å². The van der Waals surface area contributed by atoms with Gasteiger partial charge in [0.25, 0.3) is 0 Å². The maximum Gasteiger partial charge on any atom is 0.333 e. The van der Waals surface area contributed by atoms with E-state index < -0.39 is 0 Å². The fourth-order valence-corrected chi connectivity index (χ4v) is 14.6. The second-order valence-corrected chi connectivity index (χ2v) is 25.4. The van der Waals surface area contributed by atoms with Crippen LogP contribution in [-0.4, -0.2) is 6.85 Å². The Morgan fingerprint density at radius 1 is 0.458 bits per heavy atom. The van der Waals surface area contributed by atoms with E-state index in [0.29, 0.717) is 0 Å². The van der Waals surface area contributed by atoms with Crippen molar-refractivity contribution in [3.8, 4) is 33.4 Å². The summed E-state index contributed by atoms with van der Waals surface area (Å²) in [5.41, 5.74) is 28.5. The molecule has 3 nitrogen and oxygen atoms in total. The van der Waals surface area contributed by atoms with Crippen LogP contribution >= 0.6 is 0 Å². The molecule has 9 aromatic rings. The van der Waals surface area contributed by atoms with Crippen LogP contribution in [0.3, 0.4) is 0 Å².